The first-order valence-corrected chi connectivity index (χ1v) is 11.4. The van der Waals surface area contributed by atoms with Crippen LogP contribution in [0.4, 0.5) is 14.5 Å². The largest absolute Gasteiger partial charge is 0.344 e. The van der Waals surface area contributed by atoms with Crippen LogP contribution in [0, 0.1) is 11.6 Å². The maximum absolute atomic E-state index is 14.2. The highest BCUT2D eigenvalue weighted by molar-refractivity contribution is 7.58. The molecule has 0 radical (unpaired) electrons. The molecular formula is C19H15ClF2NO3PS. The van der Waals surface area contributed by atoms with Crippen LogP contribution in [0.25, 0.3) is 10.1 Å². The number of anilines is 1. The van der Waals surface area contributed by atoms with E-state index in [2.05, 4.69) is 6.58 Å². The SMILES string of the molecule is C=CN(C(=O)C(c1csc2ccc(Cl)cc12)P(C)(=O)O)c1cc(F)ccc1F. The predicted octanol–water partition coefficient (Wildman–Crippen LogP) is 5.95. The van der Waals surface area contributed by atoms with Gasteiger partial charge in [-0.1, -0.05) is 18.2 Å². The summed E-state index contributed by atoms with van der Waals surface area (Å²) in [5.41, 5.74) is -1.60. The van der Waals surface area contributed by atoms with E-state index in [1.54, 1.807) is 23.6 Å². The average molecular weight is 442 g/mol. The first-order valence-electron chi connectivity index (χ1n) is 8.00. The van der Waals surface area contributed by atoms with E-state index in [0.717, 1.165) is 40.7 Å². The highest BCUT2D eigenvalue weighted by Crippen LogP contribution is 2.55. The molecule has 1 heterocycles. The molecule has 4 nitrogen and oxygen atoms in total. The molecule has 0 aliphatic heterocycles. The molecule has 0 saturated carbocycles. The second kappa shape index (κ2) is 7.76. The Morgan fingerprint density at radius 3 is 2.68 bits per heavy atom. The zero-order valence-corrected chi connectivity index (χ0v) is 17.1. The van der Waals surface area contributed by atoms with Gasteiger partial charge in [0.15, 0.2) is 0 Å². The van der Waals surface area contributed by atoms with Crippen molar-refractivity contribution < 1.29 is 23.0 Å². The molecule has 0 aliphatic carbocycles. The van der Waals surface area contributed by atoms with Gasteiger partial charge >= 0.3 is 0 Å². The van der Waals surface area contributed by atoms with Gasteiger partial charge in [-0.15, -0.1) is 11.3 Å². The van der Waals surface area contributed by atoms with Crippen molar-refractivity contribution in [1.82, 2.24) is 0 Å². The van der Waals surface area contributed by atoms with Crippen LogP contribution >= 0.6 is 30.3 Å². The van der Waals surface area contributed by atoms with Crippen molar-refractivity contribution in [3.8, 4) is 0 Å². The van der Waals surface area contributed by atoms with Gasteiger partial charge in [-0.3, -0.25) is 14.3 Å². The summed E-state index contributed by atoms with van der Waals surface area (Å²) in [6.45, 7) is 4.53. The number of benzene rings is 2. The molecule has 0 saturated heterocycles. The van der Waals surface area contributed by atoms with Crippen molar-refractivity contribution in [2.24, 2.45) is 0 Å². The second-order valence-electron chi connectivity index (χ2n) is 6.16. The topological polar surface area (TPSA) is 57.6 Å². The Morgan fingerprint density at radius 1 is 1.32 bits per heavy atom. The zero-order valence-electron chi connectivity index (χ0n) is 14.6. The normalized spacial score (nSPS) is 14.5. The van der Waals surface area contributed by atoms with Crippen molar-refractivity contribution in [3.05, 3.63) is 76.8 Å². The number of halogens is 3. The Balaban J connectivity index is 2.17. The van der Waals surface area contributed by atoms with Crippen LogP contribution in [0.3, 0.4) is 0 Å². The van der Waals surface area contributed by atoms with Gasteiger partial charge in [0, 0.05) is 28.7 Å². The fourth-order valence-electron chi connectivity index (χ4n) is 2.94. The summed E-state index contributed by atoms with van der Waals surface area (Å²) in [7, 11) is -4.05. The van der Waals surface area contributed by atoms with Gasteiger partial charge in [-0.25, -0.2) is 8.78 Å². The van der Waals surface area contributed by atoms with Crippen molar-refractivity contribution in [3.63, 3.8) is 0 Å². The molecule has 28 heavy (non-hydrogen) atoms. The minimum atomic E-state index is -4.05. The fraction of sp³-hybridized carbons (Fsp3) is 0.105. The molecule has 1 amide bonds. The highest BCUT2D eigenvalue weighted by Gasteiger charge is 2.39. The monoisotopic (exact) mass is 441 g/mol. The van der Waals surface area contributed by atoms with Crippen LogP contribution < -0.4 is 4.90 Å². The number of hydrogen-bond donors (Lipinski definition) is 1. The number of carbonyl (C=O) groups excluding carboxylic acids is 1. The summed E-state index contributed by atoms with van der Waals surface area (Å²) in [5, 5.41) is 2.55. The number of rotatable bonds is 5. The van der Waals surface area contributed by atoms with E-state index in [-0.39, 0.29) is 0 Å². The summed E-state index contributed by atoms with van der Waals surface area (Å²) in [6, 6.07) is 7.61. The van der Waals surface area contributed by atoms with Gasteiger partial charge in [-0.2, -0.15) is 0 Å². The molecule has 2 aromatic carbocycles. The van der Waals surface area contributed by atoms with Crippen molar-refractivity contribution in [2.45, 2.75) is 5.66 Å². The summed E-state index contributed by atoms with van der Waals surface area (Å²) >= 11 is 7.32. The maximum atomic E-state index is 14.2. The molecule has 2 unspecified atom stereocenters. The summed E-state index contributed by atoms with van der Waals surface area (Å²) in [6.07, 6.45) is 0.990. The molecule has 1 N–H and O–H groups in total. The standard InChI is InChI=1S/C19H15ClF2NO3PS/c1-3-23(16-9-12(21)5-6-15(16)22)19(24)18(27(2,25)26)14-10-28-17-7-4-11(20)8-13(14)17/h3-10,18H,1H2,2H3,(H,25,26). The molecular weight excluding hydrogens is 427 g/mol. The van der Waals surface area contributed by atoms with E-state index in [9.17, 15) is 23.0 Å². The predicted molar refractivity (Wildman–Crippen MR) is 109 cm³/mol. The van der Waals surface area contributed by atoms with Crippen LogP contribution in [0.2, 0.25) is 5.02 Å². The van der Waals surface area contributed by atoms with Gasteiger partial charge in [0.05, 0.1) is 5.69 Å². The van der Waals surface area contributed by atoms with E-state index in [0.29, 0.717) is 16.0 Å². The summed E-state index contributed by atoms with van der Waals surface area (Å²) in [5.74, 6) is -2.52. The third-order valence-corrected chi connectivity index (χ3v) is 6.83. The minimum absolute atomic E-state index is 0.296. The number of amides is 1. The first-order chi connectivity index (χ1) is 13.1. The molecule has 0 spiro atoms. The first kappa shape index (κ1) is 20.7. The van der Waals surface area contributed by atoms with Gasteiger partial charge in [-0.05, 0) is 46.7 Å². The van der Waals surface area contributed by atoms with Crippen LogP contribution in [0.1, 0.15) is 11.2 Å². The Morgan fingerprint density at radius 2 is 2.04 bits per heavy atom. The lowest BCUT2D eigenvalue weighted by atomic mass is 10.1. The lowest BCUT2D eigenvalue weighted by Crippen LogP contribution is -2.31. The van der Waals surface area contributed by atoms with Crippen LogP contribution in [-0.2, 0) is 9.36 Å². The van der Waals surface area contributed by atoms with E-state index >= 15 is 0 Å². The van der Waals surface area contributed by atoms with Crippen molar-refractivity contribution in [1.29, 1.82) is 0 Å². The Kier molecular flexibility index (Phi) is 5.73. The number of nitrogens with zero attached hydrogens (tertiary/aromatic N) is 1. The summed E-state index contributed by atoms with van der Waals surface area (Å²) < 4.78 is 41.3. The van der Waals surface area contributed by atoms with Crippen molar-refractivity contribution in [2.75, 3.05) is 11.6 Å². The molecule has 3 rings (SSSR count). The highest BCUT2D eigenvalue weighted by atomic mass is 35.5. The minimum Gasteiger partial charge on any atom is -0.344 e. The fourth-order valence-corrected chi connectivity index (χ4v) is 5.44. The van der Waals surface area contributed by atoms with Gasteiger partial charge in [0.2, 0.25) is 13.3 Å². The van der Waals surface area contributed by atoms with Gasteiger partial charge in [0.25, 0.3) is 0 Å². The van der Waals surface area contributed by atoms with E-state index in [1.807, 2.05) is 0 Å². The number of thiophene rings is 1. The third kappa shape index (κ3) is 3.89. The van der Waals surface area contributed by atoms with Gasteiger partial charge in [0.1, 0.15) is 17.3 Å². The van der Waals surface area contributed by atoms with Crippen molar-refractivity contribution >= 4 is 52.0 Å². The zero-order chi connectivity index (χ0) is 20.6. The third-order valence-electron chi connectivity index (χ3n) is 4.16. The number of fused-ring (bicyclic) bond motifs is 1. The molecule has 146 valence electrons. The molecule has 1 aromatic heterocycles. The second-order valence-corrected chi connectivity index (χ2v) is 9.91. The Bertz CT molecular complexity index is 1130. The molecule has 0 bridgehead atoms. The van der Waals surface area contributed by atoms with E-state index in [4.69, 9.17) is 11.6 Å². The Hall–Kier alpha value is -2.05. The maximum Gasteiger partial charge on any atom is 0.248 e. The van der Waals surface area contributed by atoms with Gasteiger partial charge < -0.3 is 4.89 Å². The van der Waals surface area contributed by atoms with Crippen LogP contribution in [0.15, 0.2) is 54.6 Å². The Labute approximate surface area is 169 Å². The van der Waals surface area contributed by atoms with E-state index < -0.39 is 36.3 Å². The molecule has 0 aliphatic rings. The average Bonchev–Trinajstić information content (AvgIpc) is 3.00. The molecule has 2 atom stereocenters. The number of carbonyl (C=O) groups is 1. The van der Waals surface area contributed by atoms with Crippen LogP contribution in [-0.4, -0.2) is 17.5 Å². The summed E-state index contributed by atoms with van der Waals surface area (Å²) in [4.78, 5) is 24.3. The molecule has 9 heteroatoms. The van der Waals surface area contributed by atoms with Crippen LogP contribution in [0.5, 0.6) is 0 Å². The lowest BCUT2D eigenvalue weighted by Gasteiger charge is -2.26. The molecule has 3 aromatic rings. The quantitative estimate of drug-likeness (QED) is 0.498. The molecule has 0 fully saturated rings. The van der Waals surface area contributed by atoms with E-state index in [1.165, 1.54) is 11.3 Å². The lowest BCUT2D eigenvalue weighted by molar-refractivity contribution is -0.117. The number of hydrogen-bond acceptors (Lipinski definition) is 3. The smallest absolute Gasteiger partial charge is 0.248 e.